The third-order valence-electron chi connectivity index (χ3n) is 2.28. The van der Waals surface area contributed by atoms with Crippen LogP contribution in [0.15, 0.2) is 30.5 Å². The van der Waals surface area contributed by atoms with Gasteiger partial charge in [0.05, 0.1) is 10.5 Å². The first-order chi connectivity index (χ1) is 8.04. The molecule has 0 aromatic heterocycles. The van der Waals surface area contributed by atoms with E-state index >= 15 is 0 Å². The van der Waals surface area contributed by atoms with E-state index in [0.717, 1.165) is 12.6 Å². The summed E-state index contributed by atoms with van der Waals surface area (Å²) in [4.78, 5) is 20.6. The molecule has 0 fully saturated rings. The molecule has 0 aliphatic carbocycles. The van der Waals surface area contributed by atoms with Crippen molar-refractivity contribution < 1.29 is 14.8 Å². The van der Waals surface area contributed by atoms with Crippen molar-refractivity contribution in [2.45, 2.75) is 19.8 Å². The second-order valence-corrected chi connectivity index (χ2v) is 3.57. The van der Waals surface area contributed by atoms with Crippen molar-refractivity contribution in [3.05, 3.63) is 51.7 Å². The summed E-state index contributed by atoms with van der Waals surface area (Å²) in [6.07, 6.45) is 2.35. The number of benzene rings is 1. The lowest BCUT2D eigenvalue weighted by Gasteiger charge is -2.03. The average Bonchev–Trinajstić information content (AvgIpc) is 2.28. The molecule has 0 aliphatic rings. The minimum Gasteiger partial charge on any atom is -0.478 e. The van der Waals surface area contributed by atoms with E-state index in [1.807, 2.05) is 6.92 Å². The molecule has 17 heavy (non-hydrogen) atoms. The number of allylic oxidation sites excluding steroid dienone is 1. The molecule has 0 atom stereocenters. The van der Waals surface area contributed by atoms with Gasteiger partial charge in [-0.2, -0.15) is 0 Å². The zero-order valence-corrected chi connectivity index (χ0v) is 9.42. The molecule has 0 heterocycles. The van der Waals surface area contributed by atoms with E-state index < -0.39 is 10.9 Å². The van der Waals surface area contributed by atoms with E-state index in [1.54, 1.807) is 12.1 Å². The molecule has 5 heteroatoms. The monoisotopic (exact) mass is 235 g/mol. The molecule has 1 aromatic rings. The number of aromatic carboxylic acids is 1. The normalized spacial score (nSPS) is 11.2. The Morgan fingerprint density at radius 1 is 1.35 bits per heavy atom. The molecular formula is C12H13NO4. The first-order valence-electron chi connectivity index (χ1n) is 5.22. The number of rotatable bonds is 5. The van der Waals surface area contributed by atoms with E-state index in [1.165, 1.54) is 12.1 Å². The quantitative estimate of drug-likeness (QED) is 0.628. The summed E-state index contributed by atoms with van der Waals surface area (Å²) in [6, 6.07) is 6.07. The summed E-state index contributed by atoms with van der Waals surface area (Å²) in [5.41, 5.74) is 1.47. The Bertz CT molecular complexity index is 448. The van der Waals surface area contributed by atoms with Crippen LogP contribution in [0, 0.1) is 10.1 Å². The van der Waals surface area contributed by atoms with E-state index in [9.17, 15) is 14.9 Å². The smallest absolute Gasteiger partial charge is 0.335 e. The van der Waals surface area contributed by atoms with Gasteiger partial charge in [-0.15, -0.1) is 0 Å². The Hall–Kier alpha value is -2.17. The lowest BCUT2D eigenvalue weighted by Crippen LogP contribution is -1.97. The van der Waals surface area contributed by atoms with Crippen LogP contribution >= 0.6 is 0 Å². The summed E-state index contributed by atoms with van der Waals surface area (Å²) in [5.74, 6) is -1.01. The number of carboxylic acid groups (broad SMARTS) is 1. The molecule has 0 spiro atoms. The summed E-state index contributed by atoms with van der Waals surface area (Å²) < 4.78 is 0. The lowest BCUT2D eigenvalue weighted by molar-refractivity contribution is -0.401. The molecule has 0 saturated heterocycles. The molecule has 0 saturated carbocycles. The third-order valence-corrected chi connectivity index (χ3v) is 2.28. The van der Waals surface area contributed by atoms with Gasteiger partial charge in [0.25, 0.3) is 0 Å². The topological polar surface area (TPSA) is 80.4 Å². The Morgan fingerprint density at radius 3 is 2.29 bits per heavy atom. The fourth-order valence-electron chi connectivity index (χ4n) is 1.51. The van der Waals surface area contributed by atoms with E-state index in [4.69, 9.17) is 5.11 Å². The van der Waals surface area contributed by atoms with Gasteiger partial charge in [0.2, 0.25) is 6.20 Å². The number of nitrogens with zero attached hydrogens (tertiary/aromatic N) is 1. The molecule has 0 amide bonds. The highest BCUT2D eigenvalue weighted by Crippen LogP contribution is 2.20. The van der Waals surface area contributed by atoms with Crippen molar-refractivity contribution in [1.82, 2.24) is 0 Å². The van der Waals surface area contributed by atoms with Crippen molar-refractivity contribution in [2.24, 2.45) is 0 Å². The maximum Gasteiger partial charge on any atom is 0.335 e. The molecule has 1 aromatic carbocycles. The summed E-state index contributed by atoms with van der Waals surface area (Å²) in [7, 11) is 0. The van der Waals surface area contributed by atoms with Gasteiger partial charge in [-0.3, -0.25) is 10.1 Å². The first-order valence-corrected chi connectivity index (χ1v) is 5.22. The zero-order chi connectivity index (χ0) is 12.8. The van der Waals surface area contributed by atoms with Crippen molar-refractivity contribution in [2.75, 3.05) is 0 Å². The van der Waals surface area contributed by atoms with Crippen LogP contribution in [0.1, 0.15) is 35.7 Å². The Morgan fingerprint density at radius 2 is 1.88 bits per heavy atom. The van der Waals surface area contributed by atoms with Crippen LogP contribution in [0.2, 0.25) is 0 Å². The third kappa shape index (κ3) is 3.71. The van der Waals surface area contributed by atoms with Crippen LogP contribution in [0.4, 0.5) is 0 Å². The highest BCUT2D eigenvalue weighted by molar-refractivity contribution is 5.88. The van der Waals surface area contributed by atoms with Gasteiger partial charge in [0.15, 0.2) is 0 Å². The molecule has 0 aliphatic heterocycles. The molecule has 0 bridgehead atoms. The van der Waals surface area contributed by atoms with Gasteiger partial charge >= 0.3 is 5.97 Å². The highest BCUT2D eigenvalue weighted by atomic mass is 16.6. The van der Waals surface area contributed by atoms with Gasteiger partial charge < -0.3 is 5.11 Å². The van der Waals surface area contributed by atoms with Crippen molar-refractivity contribution in [3.63, 3.8) is 0 Å². The van der Waals surface area contributed by atoms with Crippen molar-refractivity contribution >= 4 is 11.5 Å². The first kappa shape index (κ1) is 12.9. The summed E-state index contributed by atoms with van der Waals surface area (Å²) >= 11 is 0. The Balaban J connectivity index is 3.03. The van der Waals surface area contributed by atoms with Crippen LogP contribution in [0.5, 0.6) is 0 Å². The van der Waals surface area contributed by atoms with Gasteiger partial charge in [-0.05, 0) is 24.1 Å². The van der Waals surface area contributed by atoms with E-state index in [2.05, 4.69) is 0 Å². The predicted octanol–water partition coefficient (Wildman–Crippen LogP) is 2.80. The predicted molar refractivity (Wildman–Crippen MR) is 63.3 cm³/mol. The van der Waals surface area contributed by atoms with Crippen LogP contribution in [0.3, 0.4) is 0 Å². The molecule has 0 unspecified atom stereocenters. The molecule has 0 radical (unpaired) electrons. The SMILES string of the molecule is CCCC(=C[N+](=O)[O-])c1ccc(C(=O)O)cc1. The number of hydrogen-bond donors (Lipinski definition) is 1. The van der Waals surface area contributed by atoms with Crippen molar-refractivity contribution in [1.29, 1.82) is 0 Å². The van der Waals surface area contributed by atoms with Crippen LogP contribution in [0.25, 0.3) is 5.57 Å². The molecule has 5 nitrogen and oxygen atoms in total. The largest absolute Gasteiger partial charge is 0.478 e. The second-order valence-electron chi connectivity index (χ2n) is 3.57. The minimum atomic E-state index is -1.01. The second kappa shape index (κ2) is 5.79. The van der Waals surface area contributed by atoms with E-state index in [-0.39, 0.29) is 5.56 Å². The number of carboxylic acids is 1. The maximum absolute atomic E-state index is 10.7. The Kier molecular flexibility index (Phi) is 4.39. The number of carbonyl (C=O) groups is 1. The van der Waals surface area contributed by atoms with Crippen LogP contribution in [-0.2, 0) is 0 Å². The van der Waals surface area contributed by atoms with Gasteiger partial charge in [0.1, 0.15) is 0 Å². The fraction of sp³-hybridized carbons (Fsp3) is 0.250. The van der Waals surface area contributed by atoms with E-state index in [0.29, 0.717) is 17.6 Å². The molecular weight excluding hydrogens is 222 g/mol. The standard InChI is InChI=1S/C12H13NO4/c1-2-3-11(8-13(16)17)9-4-6-10(7-5-9)12(14)15/h4-8H,2-3H2,1H3,(H,14,15). The molecule has 90 valence electrons. The van der Waals surface area contributed by atoms with Crippen molar-refractivity contribution in [3.8, 4) is 0 Å². The van der Waals surface area contributed by atoms with Gasteiger partial charge in [0, 0.05) is 5.57 Å². The fourth-order valence-corrected chi connectivity index (χ4v) is 1.51. The van der Waals surface area contributed by atoms with Crippen LogP contribution in [-0.4, -0.2) is 16.0 Å². The highest BCUT2D eigenvalue weighted by Gasteiger charge is 2.07. The number of hydrogen-bond acceptors (Lipinski definition) is 3. The Labute approximate surface area is 98.5 Å². The zero-order valence-electron chi connectivity index (χ0n) is 9.42. The average molecular weight is 235 g/mol. The van der Waals surface area contributed by atoms with Gasteiger partial charge in [-0.1, -0.05) is 25.5 Å². The van der Waals surface area contributed by atoms with Gasteiger partial charge in [-0.25, -0.2) is 4.79 Å². The minimum absolute atomic E-state index is 0.172. The summed E-state index contributed by atoms with van der Waals surface area (Å²) in [5, 5.41) is 19.2. The summed E-state index contributed by atoms with van der Waals surface area (Å²) in [6.45, 7) is 1.93. The maximum atomic E-state index is 10.7. The lowest BCUT2D eigenvalue weighted by atomic mass is 10.0. The molecule has 1 N–H and O–H groups in total. The molecule has 1 rings (SSSR count). The number of nitro groups is 1. The van der Waals surface area contributed by atoms with Crippen LogP contribution < -0.4 is 0 Å².